The Balaban J connectivity index is 1.41. The molecule has 0 radical (unpaired) electrons. The fourth-order valence-corrected chi connectivity index (χ4v) is 4.60. The molecule has 2 atom stereocenters. The van der Waals surface area contributed by atoms with Crippen LogP contribution < -0.4 is 10.2 Å². The number of rotatable bonds is 5. The number of carbonyl (C=O) groups is 1. The number of anilines is 3. The van der Waals surface area contributed by atoms with Crippen molar-refractivity contribution in [1.82, 2.24) is 25.1 Å². The first-order chi connectivity index (χ1) is 12.3. The summed E-state index contributed by atoms with van der Waals surface area (Å²) in [6.45, 7) is 1.71. The van der Waals surface area contributed by atoms with Crippen molar-refractivity contribution in [3.8, 4) is 0 Å². The molecule has 2 bridgehead atoms. The van der Waals surface area contributed by atoms with Crippen molar-refractivity contribution in [3.63, 3.8) is 0 Å². The van der Waals surface area contributed by atoms with Crippen LogP contribution in [-0.2, 0) is 4.79 Å². The van der Waals surface area contributed by atoms with Gasteiger partial charge in [-0.05, 0) is 37.7 Å². The van der Waals surface area contributed by atoms with E-state index in [1.165, 1.54) is 12.8 Å². The minimum atomic E-state index is 0.00770. The molecule has 4 heterocycles. The maximum Gasteiger partial charge on any atom is 0.229 e. The van der Waals surface area contributed by atoms with Crippen LogP contribution in [0, 0.1) is 5.92 Å². The zero-order valence-corrected chi connectivity index (χ0v) is 13.9. The van der Waals surface area contributed by atoms with Crippen LogP contribution in [0.2, 0.25) is 0 Å². The van der Waals surface area contributed by atoms with E-state index in [0.717, 1.165) is 43.8 Å². The number of carbonyl (C=O) groups excluding carboxylic acids is 1. The number of fused-ring (bicyclic) bond motifs is 2. The van der Waals surface area contributed by atoms with Crippen LogP contribution in [0.25, 0.3) is 0 Å². The van der Waals surface area contributed by atoms with Gasteiger partial charge in [-0.2, -0.15) is 10.1 Å². The SMILES string of the molecule is O=CN1[C@@H]2CC[C@@]1(C1CC1)CN(c1ccnc(Nc3cn[nH]c3)n1)C2. The zero-order chi connectivity index (χ0) is 16.9. The second-order valence-corrected chi connectivity index (χ2v) is 7.31. The number of H-pyrrole nitrogens is 1. The highest BCUT2D eigenvalue weighted by Gasteiger charge is 2.58. The minimum absolute atomic E-state index is 0.00770. The number of amides is 1. The molecule has 3 fully saturated rings. The van der Waals surface area contributed by atoms with E-state index < -0.39 is 0 Å². The third-order valence-electron chi connectivity index (χ3n) is 5.88. The summed E-state index contributed by atoms with van der Waals surface area (Å²) in [6, 6.07) is 2.25. The van der Waals surface area contributed by atoms with Crippen LogP contribution in [-0.4, -0.2) is 56.1 Å². The van der Waals surface area contributed by atoms with Gasteiger partial charge in [-0.25, -0.2) is 4.98 Å². The fraction of sp³-hybridized carbons (Fsp3) is 0.529. The first-order valence-corrected chi connectivity index (χ1v) is 8.86. The van der Waals surface area contributed by atoms with Crippen molar-refractivity contribution in [2.24, 2.45) is 5.92 Å². The predicted octanol–water partition coefficient (Wildman–Crippen LogP) is 1.53. The molecule has 2 aromatic rings. The lowest BCUT2D eigenvalue weighted by Crippen LogP contribution is -2.62. The van der Waals surface area contributed by atoms with Crippen molar-refractivity contribution in [3.05, 3.63) is 24.7 Å². The quantitative estimate of drug-likeness (QED) is 0.803. The minimum Gasteiger partial charge on any atom is -0.352 e. The van der Waals surface area contributed by atoms with E-state index in [-0.39, 0.29) is 5.54 Å². The molecule has 3 aliphatic rings. The highest BCUT2D eigenvalue weighted by molar-refractivity contribution is 5.56. The van der Waals surface area contributed by atoms with Crippen LogP contribution in [0.1, 0.15) is 25.7 Å². The summed E-state index contributed by atoms with van der Waals surface area (Å²) in [5.41, 5.74) is 0.839. The van der Waals surface area contributed by atoms with Crippen molar-refractivity contribution in [2.45, 2.75) is 37.3 Å². The van der Waals surface area contributed by atoms with Crippen molar-refractivity contribution >= 4 is 23.9 Å². The van der Waals surface area contributed by atoms with Gasteiger partial charge in [0.05, 0.1) is 17.4 Å². The van der Waals surface area contributed by atoms with E-state index >= 15 is 0 Å². The van der Waals surface area contributed by atoms with Crippen molar-refractivity contribution in [1.29, 1.82) is 0 Å². The maximum atomic E-state index is 11.7. The van der Waals surface area contributed by atoms with Crippen LogP contribution in [0.5, 0.6) is 0 Å². The molecule has 2 N–H and O–H groups in total. The summed E-state index contributed by atoms with van der Waals surface area (Å²) in [5, 5.41) is 9.84. The largest absolute Gasteiger partial charge is 0.352 e. The number of aromatic nitrogens is 4. The molecular formula is C17H21N7O. The van der Waals surface area contributed by atoms with Crippen LogP contribution in [0.3, 0.4) is 0 Å². The third kappa shape index (κ3) is 2.35. The number of aromatic amines is 1. The van der Waals surface area contributed by atoms with Gasteiger partial charge >= 0.3 is 0 Å². The van der Waals surface area contributed by atoms with E-state index in [1.807, 2.05) is 6.07 Å². The zero-order valence-electron chi connectivity index (χ0n) is 13.9. The average Bonchev–Trinajstić information content (AvgIpc) is 3.33. The molecule has 0 aromatic carbocycles. The summed E-state index contributed by atoms with van der Waals surface area (Å²) in [5.74, 6) is 2.13. The second kappa shape index (κ2) is 5.44. The normalized spacial score (nSPS) is 28.2. The topological polar surface area (TPSA) is 90.0 Å². The summed E-state index contributed by atoms with van der Waals surface area (Å²) >= 11 is 0. The van der Waals surface area contributed by atoms with E-state index in [9.17, 15) is 4.79 Å². The number of nitrogens with one attached hydrogen (secondary N) is 2. The van der Waals surface area contributed by atoms with Gasteiger partial charge in [-0.3, -0.25) is 9.89 Å². The summed E-state index contributed by atoms with van der Waals surface area (Å²) in [6.07, 6.45) is 11.0. The van der Waals surface area contributed by atoms with Crippen molar-refractivity contribution in [2.75, 3.05) is 23.3 Å². The molecule has 2 aromatic heterocycles. The van der Waals surface area contributed by atoms with E-state index in [0.29, 0.717) is 17.9 Å². The molecule has 5 rings (SSSR count). The molecule has 0 unspecified atom stereocenters. The predicted molar refractivity (Wildman–Crippen MR) is 92.5 cm³/mol. The monoisotopic (exact) mass is 339 g/mol. The lowest BCUT2D eigenvalue weighted by molar-refractivity contribution is -0.125. The Bertz CT molecular complexity index is 775. The molecule has 2 saturated heterocycles. The lowest BCUT2D eigenvalue weighted by Gasteiger charge is -2.48. The van der Waals surface area contributed by atoms with Gasteiger partial charge in [0.1, 0.15) is 5.82 Å². The Hall–Kier alpha value is -2.64. The maximum absolute atomic E-state index is 11.7. The van der Waals surface area contributed by atoms with E-state index in [1.54, 1.807) is 18.6 Å². The first-order valence-electron chi connectivity index (χ1n) is 8.86. The van der Waals surface area contributed by atoms with Gasteiger partial charge in [0.25, 0.3) is 0 Å². The molecular weight excluding hydrogens is 318 g/mol. The molecule has 8 nitrogen and oxygen atoms in total. The fourth-order valence-electron chi connectivity index (χ4n) is 4.60. The molecule has 0 spiro atoms. The standard InChI is InChI=1S/C17H21N7O/c25-11-24-14-3-5-17(24,12-1-2-12)10-23(9-14)15-4-6-18-16(22-15)21-13-7-19-20-8-13/h4,6-8,11-12,14H,1-3,5,9-10H2,(H,19,20)(H,18,21,22)/t14-,17+/m1/s1. The molecule has 1 amide bonds. The van der Waals surface area contributed by atoms with E-state index in [2.05, 4.69) is 35.3 Å². The summed E-state index contributed by atoms with van der Waals surface area (Å²) in [7, 11) is 0. The number of nitrogens with zero attached hydrogens (tertiary/aromatic N) is 5. The van der Waals surface area contributed by atoms with Gasteiger partial charge in [-0.15, -0.1) is 0 Å². The Morgan fingerprint density at radius 1 is 1.36 bits per heavy atom. The number of hydrogen-bond donors (Lipinski definition) is 2. The number of piperazine rings is 1. The molecule has 130 valence electrons. The Morgan fingerprint density at radius 2 is 2.28 bits per heavy atom. The summed E-state index contributed by atoms with van der Waals surface area (Å²) < 4.78 is 0. The first kappa shape index (κ1) is 14.7. The number of hydrogen-bond acceptors (Lipinski definition) is 6. The highest BCUT2D eigenvalue weighted by atomic mass is 16.1. The van der Waals surface area contributed by atoms with Gasteiger partial charge in [-0.1, -0.05) is 0 Å². The Labute approximate surface area is 145 Å². The second-order valence-electron chi connectivity index (χ2n) is 7.31. The Morgan fingerprint density at radius 3 is 3.04 bits per heavy atom. The van der Waals surface area contributed by atoms with Gasteiger partial charge in [0, 0.05) is 31.5 Å². The smallest absolute Gasteiger partial charge is 0.229 e. The van der Waals surface area contributed by atoms with Gasteiger partial charge < -0.3 is 15.1 Å². The lowest BCUT2D eigenvalue weighted by atomic mass is 9.89. The van der Waals surface area contributed by atoms with Crippen LogP contribution in [0.15, 0.2) is 24.7 Å². The van der Waals surface area contributed by atoms with Gasteiger partial charge in [0.15, 0.2) is 0 Å². The van der Waals surface area contributed by atoms with Crippen LogP contribution in [0.4, 0.5) is 17.5 Å². The molecule has 2 aliphatic heterocycles. The third-order valence-corrected chi connectivity index (χ3v) is 5.88. The molecule has 8 heteroatoms. The van der Waals surface area contributed by atoms with Gasteiger partial charge in [0.2, 0.25) is 12.4 Å². The molecule has 1 aliphatic carbocycles. The van der Waals surface area contributed by atoms with Crippen LogP contribution >= 0.6 is 0 Å². The molecule has 25 heavy (non-hydrogen) atoms. The highest BCUT2D eigenvalue weighted by Crippen LogP contribution is 2.52. The van der Waals surface area contributed by atoms with Crippen molar-refractivity contribution < 1.29 is 4.79 Å². The Kier molecular flexibility index (Phi) is 3.19. The molecule has 1 saturated carbocycles. The van der Waals surface area contributed by atoms with E-state index in [4.69, 9.17) is 0 Å². The average molecular weight is 339 g/mol. The summed E-state index contributed by atoms with van der Waals surface area (Å²) in [4.78, 5) is 25.1.